The molecule has 0 bridgehead atoms. The van der Waals surface area contributed by atoms with Crippen molar-refractivity contribution in [1.82, 2.24) is 30.1 Å². The number of aryl methyl sites for hydroxylation is 1. The monoisotopic (exact) mass is 401 g/mol. The number of ether oxygens (including phenoxy) is 1. The van der Waals surface area contributed by atoms with E-state index < -0.39 is 10.0 Å². The van der Waals surface area contributed by atoms with Gasteiger partial charge in [0.25, 0.3) is 0 Å². The molecule has 1 aliphatic rings. The van der Waals surface area contributed by atoms with Crippen molar-refractivity contribution in [3.8, 4) is 0 Å². The molecule has 1 aromatic rings. The second-order valence-electron chi connectivity index (χ2n) is 6.35. The maximum absolute atomic E-state index is 11.4. The highest BCUT2D eigenvalue weighted by molar-refractivity contribution is 7.89. The average Bonchev–Trinajstić information content (AvgIpc) is 3.03. The van der Waals surface area contributed by atoms with Crippen molar-refractivity contribution < 1.29 is 13.2 Å². The molecule has 0 amide bonds. The Morgan fingerprint density at radius 3 is 2.93 bits per heavy atom. The van der Waals surface area contributed by atoms with Gasteiger partial charge in [0.05, 0.1) is 12.3 Å². The third-order valence-corrected chi connectivity index (χ3v) is 5.57. The maximum atomic E-state index is 11.4. The Morgan fingerprint density at radius 2 is 2.22 bits per heavy atom. The minimum atomic E-state index is -3.14. The van der Waals surface area contributed by atoms with Gasteiger partial charge in [0, 0.05) is 39.2 Å². The van der Waals surface area contributed by atoms with Crippen molar-refractivity contribution in [2.75, 3.05) is 32.5 Å². The van der Waals surface area contributed by atoms with E-state index in [9.17, 15) is 8.42 Å². The van der Waals surface area contributed by atoms with E-state index in [4.69, 9.17) is 4.74 Å². The molecule has 3 N–H and O–H groups in total. The van der Waals surface area contributed by atoms with Crippen LogP contribution in [0.4, 0.5) is 0 Å². The van der Waals surface area contributed by atoms with Gasteiger partial charge in [0.2, 0.25) is 10.0 Å². The van der Waals surface area contributed by atoms with Gasteiger partial charge in [-0.3, -0.25) is 4.99 Å². The second kappa shape index (κ2) is 10.6. The van der Waals surface area contributed by atoms with Gasteiger partial charge in [-0.2, -0.15) is 5.10 Å². The Labute approximate surface area is 161 Å². The van der Waals surface area contributed by atoms with Crippen molar-refractivity contribution in [1.29, 1.82) is 0 Å². The lowest BCUT2D eigenvalue weighted by atomic mass is 10.1. The molecule has 0 radical (unpaired) electrons. The van der Waals surface area contributed by atoms with Gasteiger partial charge in [-0.25, -0.2) is 22.8 Å². The van der Waals surface area contributed by atoms with Gasteiger partial charge in [-0.05, 0) is 26.7 Å². The van der Waals surface area contributed by atoms with Gasteiger partial charge in [0.1, 0.15) is 12.4 Å². The van der Waals surface area contributed by atoms with E-state index in [0.29, 0.717) is 31.9 Å². The Balaban J connectivity index is 1.84. The molecule has 11 heteroatoms. The first-order valence-electron chi connectivity index (χ1n) is 9.41. The van der Waals surface area contributed by atoms with Gasteiger partial charge >= 0.3 is 0 Å². The lowest BCUT2D eigenvalue weighted by molar-refractivity contribution is 0.177. The topological polar surface area (TPSA) is 123 Å². The van der Waals surface area contributed by atoms with Crippen molar-refractivity contribution in [2.45, 2.75) is 52.3 Å². The van der Waals surface area contributed by atoms with Crippen LogP contribution in [0.3, 0.4) is 0 Å². The Kier molecular flexibility index (Phi) is 8.45. The lowest BCUT2D eigenvalue weighted by Crippen LogP contribution is -2.47. The summed E-state index contributed by atoms with van der Waals surface area (Å²) in [6.45, 7) is 6.48. The van der Waals surface area contributed by atoms with E-state index in [2.05, 4.69) is 30.4 Å². The minimum Gasteiger partial charge on any atom is -0.377 e. The van der Waals surface area contributed by atoms with Crippen LogP contribution in [0, 0.1) is 0 Å². The molecule has 1 atom stereocenters. The van der Waals surface area contributed by atoms with Crippen LogP contribution in [-0.4, -0.2) is 67.7 Å². The van der Waals surface area contributed by atoms with Crippen molar-refractivity contribution in [2.24, 2.45) is 4.99 Å². The van der Waals surface area contributed by atoms with Crippen molar-refractivity contribution in [3.05, 3.63) is 11.6 Å². The third-order valence-electron chi connectivity index (χ3n) is 4.17. The largest absolute Gasteiger partial charge is 0.377 e. The molecule has 1 unspecified atom stereocenters. The predicted octanol–water partition coefficient (Wildman–Crippen LogP) is -0.376. The zero-order valence-corrected chi connectivity index (χ0v) is 17.2. The molecular weight excluding hydrogens is 370 g/mol. The number of methoxy groups -OCH3 is 1. The number of nitrogens with zero attached hydrogens (tertiary/aromatic N) is 4. The minimum absolute atomic E-state index is 0.0957. The molecule has 0 aromatic carbocycles. The molecule has 154 valence electrons. The van der Waals surface area contributed by atoms with E-state index >= 15 is 0 Å². The molecular formula is C16H31N7O3S. The predicted molar refractivity (Wildman–Crippen MR) is 104 cm³/mol. The molecule has 2 rings (SSSR count). The fourth-order valence-corrected chi connectivity index (χ4v) is 3.44. The fraction of sp³-hybridized carbons (Fsp3) is 0.812. The normalized spacial score (nSPS) is 17.6. The van der Waals surface area contributed by atoms with Crippen LogP contribution in [0.5, 0.6) is 0 Å². The number of nitrogens with one attached hydrogen (secondary N) is 3. The van der Waals surface area contributed by atoms with E-state index in [1.165, 1.54) is 0 Å². The highest BCUT2D eigenvalue weighted by Crippen LogP contribution is 2.13. The standard InChI is InChI=1S/C16H31N7O3S/c1-4-17-16(18-9-6-10-19-27(24,25)5-2)20-13-7-8-15-21-14(12-26-3)22-23(15)11-13/h13,19H,4-12H2,1-3H3,(H2,17,18,20). The highest BCUT2D eigenvalue weighted by atomic mass is 32.2. The van der Waals surface area contributed by atoms with E-state index in [1.807, 2.05) is 11.6 Å². The van der Waals surface area contributed by atoms with Crippen molar-refractivity contribution >= 4 is 16.0 Å². The summed E-state index contributed by atoms with van der Waals surface area (Å²) >= 11 is 0. The summed E-state index contributed by atoms with van der Waals surface area (Å²) in [5, 5.41) is 11.1. The number of hydrogen-bond donors (Lipinski definition) is 3. The van der Waals surface area contributed by atoms with Crippen LogP contribution in [0.2, 0.25) is 0 Å². The summed E-state index contributed by atoms with van der Waals surface area (Å²) in [5.41, 5.74) is 0. The van der Waals surface area contributed by atoms with E-state index in [1.54, 1.807) is 14.0 Å². The summed E-state index contributed by atoms with van der Waals surface area (Å²) in [6.07, 6.45) is 2.45. The SMILES string of the molecule is CCNC(=NCCCNS(=O)(=O)CC)NC1CCc2nc(COC)nn2C1. The van der Waals surface area contributed by atoms with Crippen LogP contribution in [0.25, 0.3) is 0 Å². The molecule has 0 saturated heterocycles. The second-order valence-corrected chi connectivity index (χ2v) is 8.45. The average molecular weight is 402 g/mol. The zero-order valence-electron chi connectivity index (χ0n) is 16.4. The molecule has 10 nitrogen and oxygen atoms in total. The summed E-state index contributed by atoms with van der Waals surface area (Å²) < 4.78 is 32.4. The van der Waals surface area contributed by atoms with Gasteiger partial charge in [-0.1, -0.05) is 0 Å². The molecule has 1 aliphatic heterocycles. The lowest BCUT2D eigenvalue weighted by Gasteiger charge is -2.25. The summed E-state index contributed by atoms with van der Waals surface area (Å²) in [4.78, 5) is 9.02. The van der Waals surface area contributed by atoms with Crippen LogP contribution < -0.4 is 15.4 Å². The third kappa shape index (κ3) is 7.07. The van der Waals surface area contributed by atoms with Crippen LogP contribution in [0.15, 0.2) is 4.99 Å². The molecule has 1 aromatic heterocycles. The number of fused-ring (bicyclic) bond motifs is 1. The molecule has 0 fully saturated rings. The quantitative estimate of drug-likeness (QED) is 0.278. The number of guanidine groups is 1. The maximum Gasteiger partial charge on any atom is 0.211 e. The number of rotatable bonds is 10. The zero-order chi connectivity index (χ0) is 19.7. The Bertz CT molecular complexity index is 718. The van der Waals surface area contributed by atoms with Gasteiger partial charge < -0.3 is 15.4 Å². The first-order valence-corrected chi connectivity index (χ1v) is 11.1. The van der Waals surface area contributed by atoms with Gasteiger partial charge in [-0.15, -0.1) is 0 Å². The molecule has 0 aliphatic carbocycles. The summed E-state index contributed by atoms with van der Waals surface area (Å²) in [7, 11) is -1.50. The molecule has 2 heterocycles. The van der Waals surface area contributed by atoms with E-state index in [-0.39, 0.29) is 11.8 Å². The van der Waals surface area contributed by atoms with E-state index in [0.717, 1.165) is 37.7 Å². The Morgan fingerprint density at radius 1 is 1.41 bits per heavy atom. The molecule has 0 spiro atoms. The number of aliphatic imine (C=N–C) groups is 1. The highest BCUT2D eigenvalue weighted by Gasteiger charge is 2.22. The molecule has 27 heavy (non-hydrogen) atoms. The van der Waals surface area contributed by atoms with Crippen LogP contribution in [0.1, 0.15) is 38.3 Å². The smallest absolute Gasteiger partial charge is 0.211 e. The van der Waals surface area contributed by atoms with Crippen LogP contribution in [-0.2, 0) is 34.3 Å². The first-order chi connectivity index (χ1) is 13.0. The number of sulfonamides is 1. The molecule has 0 saturated carbocycles. The first kappa shape index (κ1) is 21.6. The summed E-state index contributed by atoms with van der Waals surface area (Å²) in [5.74, 6) is 2.54. The van der Waals surface area contributed by atoms with Gasteiger partial charge in [0.15, 0.2) is 11.8 Å². The number of aromatic nitrogens is 3. The summed E-state index contributed by atoms with van der Waals surface area (Å²) in [6, 6.07) is 0.214. The van der Waals surface area contributed by atoms with Crippen molar-refractivity contribution in [3.63, 3.8) is 0 Å². The number of hydrogen-bond acceptors (Lipinski definition) is 6. The fourth-order valence-electron chi connectivity index (χ4n) is 2.78. The van der Waals surface area contributed by atoms with Crippen LogP contribution >= 0.6 is 0 Å². The Hall–Kier alpha value is -1.72.